The number of piperidine rings is 1. The molecule has 2 heterocycles. The fourth-order valence-corrected chi connectivity index (χ4v) is 3.42. The van der Waals surface area contributed by atoms with Gasteiger partial charge in [-0.05, 0) is 25.0 Å². The van der Waals surface area contributed by atoms with E-state index < -0.39 is 15.5 Å². The number of benzene rings is 1. The van der Waals surface area contributed by atoms with Crippen LogP contribution in [0.25, 0.3) is 11.5 Å². The van der Waals surface area contributed by atoms with Crippen molar-refractivity contribution in [1.29, 1.82) is 5.26 Å². The van der Waals surface area contributed by atoms with Crippen molar-refractivity contribution < 1.29 is 16.7 Å². The Labute approximate surface area is 133 Å². The minimum absolute atomic E-state index is 0.144. The lowest BCUT2D eigenvalue weighted by atomic mass is 10.1. The van der Waals surface area contributed by atoms with Gasteiger partial charge in [0.2, 0.25) is 17.5 Å². The van der Waals surface area contributed by atoms with Crippen LogP contribution < -0.4 is 4.90 Å². The van der Waals surface area contributed by atoms with Gasteiger partial charge in [0.05, 0.1) is 5.25 Å². The highest BCUT2D eigenvalue weighted by Gasteiger charge is 2.32. The van der Waals surface area contributed by atoms with Gasteiger partial charge in [0.1, 0.15) is 6.07 Å². The molecule has 120 valence electrons. The molecule has 1 fully saturated rings. The Balaban J connectivity index is 1.84. The molecule has 0 saturated carbocycles. The van der Waals surface area contributed by atoms with Crippen LogP contribution in [0.5, 0.6) is 0 Å². The topological polar surface area (TPSA) is 87.2 Å². The number of hydrogen-bond donors (Lipinski definition) is 0. The Hall–Kier alpha value is -2.40. The number of oxazole rings is 1. The number of anilines is 1. The summed E-state index contributed by atoms with van der Waals surface area (Å²) in [4.78, 5) is 5.92. The predicted molar refractivity (Wildman–Crippen MR) is 81.9 cm³/mol. The summed E-state index contributed by atoms with van der Waals surface area (Å²) in [6.45, 7) is 0.595. The number of aromatic nitrogens is 1. The average molecular weight is 335 g/mol. The van der Waals surface area contributed by atoms with Crippen LogP contribution in [0.1, 0.15) is 18.5 Å². The van der Waals surface area contributed by atoms with Crippen LogP contribution in [0.15, 0.2) is 34.7 Å². The molecule has 1 aromatic carbocycles. The van der Waals surface area contributed by atoms with Crippen molar-refractivity contribution >= 4 is 16.1 Å². The average Bonchev–Trinajstić information content (AvgIpc) is 2.99. The van der Waals surface area contributed by atoms with E-state index in [4.69, 9.17) is 4.42 Å². The molecule has 6 nitrogen and oxygen atoms in total. The maximum atomic E-state index is 13.0. The monoisotopic (exact) mass is 335 g/mol. The number of hydrogen-bond acceptors (Lipinski definition) is 6. The van der Waals surface area contributed by atoms with Gasteiger partial charge in [-0.1, -0.05) is 18.2 Å². The third-order valence-electron chi connectivity index (χ3n) is 3.86. The quantitative estimate of drug-likeness (QED) is 0.801. The van der Waals surface area contributed by atoms with E-state index in [-0.39, 0.29) is 18.5 Å². The molecular weight excluding hydrogens is 321 g/mol. The Bertz CT molecular complexity index is 835. The van der Waals surface area contributed by atoms with Gasteiger partial charge >= 0.3 is 10.2 Å². The lowest BCUT2D eigenvalue weighted by molar-refractivity contribution is 0.475. The van der Waals surface area contributed by atoms with E-state index in [2.05, 4.69) is 4.98 Å². The second-order valence-electron chi connectivity index (χ2n) is 5.31. The van der Waals surface area contributed by atoms with Gasteiger partial charge in [-0.3, -0.25) is 0 Å². The summed E-state index contributed by atoms with van der Waals surface area (Å²) in [5.41, 5.74) is 0.891. The molecule has 2 aromatic rings. The van der Waals surface area contributed by atoms with Crippen molar-refractivity contribution in [3.05, 3.63) is 36.0 Å². The van der Waals surface area contributed by atoms with Crippen molar-refractivity contribution in [2.24, 2.45) is 0 Å². The van der Waals surface area contributed by atoms with Crippen LogP contribution in [0, 0.1) is 11.3 Å². The molecule has 23 heavy (non-hydrogen) atoms. The van der Waals surface area contributed by atoms with Crippen LogP contribution in [0.4, 0.5) is 9.77 Å². The van der Waals surface area contributed by atoms with Crippen molar-refractivity contribution in [1.82, 2.24) is 4.98 Å². The molecule has 1 aliphatic rings. The zero-order valence-electron chi connectivity index (χ0n) is 12.1. The van der Waals surface area contributed by atoms with Gasteiger partial charge in [-0.25, -0.2) is 0 Å². The Kier molecular flexibility index (Phi) is 4.05. The Morgan fingerprint density at radius 2 is 1.91 bits per heavy atom. The van der Waals surface area contributed by atoms with E-state index in [0.717, 1.165) is 5.56 Å². The summed E-state index contributed by atoms with van der Waals surface area (Å²) in [5.74, 6) is 0.637. The minimum Gasteiger partial charge on any atom is -0.419 e. The minimum atomic E-state index is -4.52. The van der Waals surface area contributed by atoms with E-state index in [0.29, 0.717) is 24.9 Å². The molecule has 3 rings (SSSR count). The summed E-state index contributed by atoms with van der Waals surface area (Å²) >= 11 is 0. The second-order valence-corrected chi connectivity index (χ2v) is 6.93. The first-order valence-electron chi connectivity index (χ1n) is 7.14. The van der Waals surface area contributed by atoms with Crippen molar-refractivity contribution in [2.45, 2.75) is 18.1 Å². The molecule has 0 aliphatic carbocycles. The SMILES string of the molecule is N#Cc1nc(-c2ccccc2)oc1N1CCC(S(=O)(=O)F)CC1. The van der Waals surface area contributed by atoms with E-state index in [1.807, 2.05) is 36.4 Å². The smallest absolute Gasteiger partial charge is 0.305 e. The predicted octanol–water partition coefficient (Wildman–Crippen LogP) is 2.48. The highest BCUT2D eigenvalue weighted by atomic mass is 32.3. The molecule has 1 aromatic heterocycles. The van der Waals surface area contributed by atoms with Crippen LogP contribution in [0.3, 0.4) is 0 Å². The highest BCUT2D eigenvalue weighted by molar-refractivity contribution is 7.87. The summed E-state index contributed by atoms with van der Waals surface area (Å²) < 4.78 is 40.7. The number of rotatable bonds is 3. The van der Waals surface area contributed by atoms with E-state index in [9.17, 15) is 17.6 Å². The molecule has 1 saturated heterocycles. The van der Waals surface area contributed by atoms with E-state index in [1.54, 1.807) is 4.90 Å². The summed E-state index contributed by atoms with van der Waals surface area (Å²) in [6.07, 6.45) is 0.316. The first kappa shape index (κ1) is 15.5. The molecule has 0 atom stereocenters. The highest BCUT2D eigenvalue weighted by Crippen LogP contribution is 2.31. The molecule has 0 spiro atoms. The molecule has 0 radical (unpaired) electrons. The fraction of sp³-hybridized carbons (Fsp3) is 0.333. The maximum absolute atomic E-state index is 13.0. The Morgan fingerprint density at radius 3 is 2.48 bits per heavy atom. The summed E-state index contributed by atoms with van der Waals surface area (Å²) in [6, 6.07) is 11.2. The Morgan fingerprint density at radius 1 is 1.26 bits per heavy atom. The summed E-state index contributed by atoms with van der Waals surface area (Å²) in [7, 11) is -4.52. The van der Waals surface area contributed by atoms with Gasteiger partial charge in [0.25, 0.3) is 0 Å². The van der Waals surface area contributed by atoms with Crippen LogP contribution in [0.2, 0.25) is 0 Å². The zero-order chi connectivity index (χ0) is 16.4. The lowest BCUT2D eigenvalue weighted by Crippen LogP contribution is -2.38. The number of nitriles is 1. The zero-order valence-corrected chi connectivity index (χ0v) is 13.0. The largest absolute Gasteiger partial charge is 0.419 e. The molecule has 1 aliphatic heterocycles. The standard InChI is InChI=1S/C15H14FN3O3S/c16-23(20,21)12-6-8-19(9-7-12)15-13(10-17)18-14(22-15)11-4-2-1-3-5-11/h1-5,12H,6-9H2. The van der Waals surface area contributed by atoms with E-state index >= 15 is 0 Å². The maximum Gasteiger partial charge on any atom is 0.305 e. The van der Waals surface area contributed by atoms with Gasteiger partial charge in [0, 0.05) is 18.7 Å². The molecule has 0 unspecified atom stereocenters. The summed E-state index contributed by atoms with van der Waals surface area (Å²) in [5, 5.41) is 8.25. The van der Waals surface area contributed by atoms with Gasteiger partial charge in [-0.15, -0.1) is 3.89 Å². The van der Waals surface area contributed by atoms with Crippen molar-refractivity contribution in [3.8, 4) is 17.5 Å². The first-order valence-corrected chi connectivity index (χ1v) is 8.58. The molecular formula is C15H14FN3O3S. The van der Waals surface area contributed by atoms with Crippen LogP contribution in [-0.2, 0) is 10.2 Å². The van der Waals surface area contributed by atoms with Gasteiger partial charge < -0.3 is 9.32 Å². The van der Waals surface area contributed by atoms with Crippen molar-refractivity contribution in [2.75, 3.05) is 18.0 Å². The third kappa shape index (κ3) is 3.19. The van der Waals surface area contributed by atoms with Gasteiger partial charge in [-0.2, -0.15) is 18.7 Å². The molecule has 0 amide bonds. The third-order valence-corrected chi connectivity index (χ3v) is 5.13. The molecule has 0 bridgehead atoms. The number of nitrogens with zero attached hydrogens (tertiary/aromatic N) is 3. The van der Waals surface area contributed by atoms with E-state index in [1.165, 1.54) is 0 Å². The fourth-order valence-electron chi connectivity index (χ4n) is 2.64. The first-order chi connectivity index (χ1) is 11.0. The second kappa shape index (κ2) is 6.01. The van der Waals surface area contributed by atoms with Crippen molar-refractivity contribution in [3.63, 3.8) is 0 Å². The van der Waals surface area contributed by atoms with Gasteiger partial charge in [0.15, 0.2) is 0 Å². The van der Waals surface area contributed by atoms with Crippen LogP contribution in [-0.4, -0.2) is 31.7 Å². The number of halogens is 1. The van der Waals surface area contributed by atoms with Crippen LogP contribution >= 0.6 is 0 Å². The molecule has 0 N–H and O–H groups in total. The lowest BCUT2D eigenvalue weighted by Gasteiger charge is -2.29. The molecule has 8 heteroatoms. The normalized spacial score (nSPS) is 16.3.